The topological polar surface area (TPSA) is 62.7 Å². The molecule has 0 saturated carbocycles. The van der Waals surface area contributed by atoms with Gasteiger partial charge in [-0.15, -0.1) is 0 Å². The maximum Gasteiger partial charge on any atom is 0.289 e. The summed E-state index contributed by atoms with van der Waals surface area (Å²) in [6.07, 6.45) is 0. The van der Waals surface area contributed by atoms with E-state index in [4.69, 9.17) is 10.2 Å². The minimum Gasteiger partial charge on any atom is -0.455 e. The average Bonchev–Trinajstić information content (AvgIpc) is 2.83. The monoisotopic (exact) mass is 251 g/mol. The Morgan fingerprint density at radius 2 is 2.00 bits per heavy atom. The number of rotatable bonds is 2. The highest BCUT2D eigenvalue weighted by Crippen LogP contribution is 2.17. The van der Waals surface area contributed by atoms with Crippen molar-refractivity contribution in [1.82, 2.24) is 9.80 Å². The van der Waals surface area contributed by atoms with Crippen LogP contribution >= 0.6 is 0 Å². The van der Waals surface area contributed by atoms with Gasteiger partial charge in [-0.05, 0) is 33.0 Å². The summed E-state index contributed by atoms with van der Waals surface area (Å²) in [5.74, 6) is 0.995. The summed E-state index contributed by atoms with van der Waals surface area (Å²) in [4.78, 5) is 16.4. The molecule has 2 heterocycles. The first-order valence-electron chi connectivity index (χ1n) is 6.33. The first-order chi connectivity index (χ1) is 8.52. The van der Waals surface area contributed by atoms with Gasteiger partial charge in [0.25, 0.3) is 5.91 Å². The third-order valence-electron chi connectivity index (χ3n) is 3.72. The van der Waals surface area contributed by atoms with Gasteiger partial charge in [0.2, 0.25) is 0 Å². The fourth-order valence-electron chi connectivity index (χ4n) is 2.33. The molecule has 0 aromatic carbocycles. The van der Waals surface area contributed by atoms with Crippen LogP contribution in [0.25, 0.3) is 0 Å². The number of piperazine rings is 1. The SMILES string of the molecule is CC1CN(C(=O)c2ccc(CN)o2)CC(C)N1C. The Morgan fingerprint density at radius 1 is 1.39 bits per heavy atom. The number of likely N-dealkylation sites (N-methyl/N-ethyl adjacent to an activating group) is 1. The molecule has 5 nitrogen and oxygen atoms in total. The Labute approximate surface area is 108 Å². The zero-order valence-electron chi connectivity index (χ0n) is 11.2. The smallest absolute Gasteiger partial charge is 0.289 e. The maximum absolute atomic E-state index is 12.3. The summed E-state index contributed by atoms with van der Waals surface area (Å²) in [5.41, 5.74) is 5.48. The van der Waals surface area contributed by atoms with E-state index in [1.165, 1.54) is 0 Å². The first kappa shape index (κ1) is 13.1. The van der Waals surface area contributed by atoms with Crippen LogP contribution in [0.1, 0.15) is 30.2 Å². The average molecular weight is 251 g/mol. The van der Waals surface area contributed by atoms with E-state index in [0.717, 1.165) is 13.1 Å². The van der Waals surface area contributed by atoms with Crippen LogP contribution in [-0.4, -0.2) is 47.9 Å². The summed E-state index contributed by atoms with van der Waals surface area (Å²) in [7, 11) is 2.09. The largest absolute Gasteiger partial charge is 0.455 e. The number of amides is 1. The van der Waals surface area contributed by atoms with Crippen molar-refractivity contribution in [3.8, 4) is 0 Å². The predicted octanol–water partition coefficient (Wildman–Crippen LogP) is 0.903. The number of furan rings is 1. The van der Waals surface area contributed by atoms with Crippen LogP contribution in [0.3, 0.4) is 0 Å². The van der Waals surface area contributed by atoms with Crippen molar-refractivity contribution in [3.05, 3.63) is 23.7 Å². The molecule has 1 aromatic heterocycles. The lowest BCUT2D eigenvalue weighted by Crippen LogP contribution is -2.56. The third-order valence-corrected chi connectivity index (χ3v) is 3.72. The molecule has 1 saturated heterocycles. The molecule has 1 fully saturated rings. The van der Waals surface area contributed by atoms with E-state index in [1.807, 2.05) is 4.90 Å². The van der Waals surface area contributed by atoms with Crippen LogP contribution in [-0.2, 0) is 6.54 Å². The number of nitrogens with zero attached hydrogens (tertiary/aromatic N) is 2. The molecule has 0 radical (unpaired) electrons. The van der Waals surface area contributed by atoms with E-state index in [9.17, 15) is 4.79 Å². The number of carbonyl (C=O) groups excluding carboxylic acids is 1. The van der Waals surface area contributed by atoms with E-state index in [2.05, 4.69) is 25.8 Å². The molecule has 5 heteroatoms. The highest BCUT2D eigenvalue weighted by Gasteiger charge is 2.30. The van der Waals surface area contributed by atoms with E-state index < -0.39 is 0 Å². The fourth-order valence-corrected chi connectivity index (χ4v) is 2.33. The van der Waals surface area contributed by atoms with Gasteiger partial charge >= 0.3 is 0 Å². The number of hydrogen-bond donors (Lipinski definition) is 1. The van der Waals surface area contributed by atoms with E-state index in [1.54, 1.807) is 12.1 Å². The van der Waals surface area contributed by atoms with E-state index >= 15 is 0 Å². The van der Waals surface area contributed by atoms with Gasteiger partial charge in [0.15, 0.2) is 5.76 Å². The summed E-state index contributed by atoms with van der Waals surface area (Å²) >= 11 is 0. The zero-order valence-corrected chi connectivity index (χ0v) is 11.2. The van der Waals surface area contributed by atoms with Gasteiger partial charge in [-0.2, -0.15) is 0 Å². The summed E-state index contributed by atoms with van der Waals surface area (Å²) < 4.78 is 5.42. The third kappa shape index (κ3) is 2.42. The maximum atomic E-state index is 12.3. The van der Waals surface area contributed by atoms with E-state index in [-0.39, 0.29) is 5.91 Å². The van der Waals surface area contributed by atoms with Gasteiger partial charge in [0, 0.05) is 25.2 Å². The standard InChI is InChI=1S/C13H21N3O2/c1-9-7-16(8-10(2)15(9)3)13(17)12-5-4-11(6-14)18-12/h4-5,9-10H,6-8,14H2,1-3H3. The van der Waals surface area contributed by atoms with Crippen molar-refractivity contribution in [2.24, 2.45) is 5.73 Å². The van der Waals surface area contributed by atoms with Crippen molar-refractivity contribution in [2.45, 2.75) is 32.5 Å². The lowest BCUT2D eigenvalue weighted by atomic mass is 10.1. The predicted molar refractivity (Wildman–Crippen MR) is 69.2 cm³/mol. The van der Waals surface area contributed by atoms with Crippen molar-refractivity contribution in [1.29, 1.82) is 0 Å². The number of carbonyl (C=O) groups is 1. The molecular formula is C13H21N3O2. The van der Waals surface area contributed by atoms with Crippen molar-refractivity contribution in [3.63, 3.8) is 0 Å². The Kier molecular flexibility index (Phi) is 3.73. The van der Waals surface area contributed by atoms with Crippen molar-refractivity contribution < 1.29 is 9.21 Å². The second kappa shape index (κ2) is 5.12. The number of nitrogens with two attached hydrogens (primary N) is 1. The molecule has 1 aromatic rings. The van der Waals surface area contributed by atoms with Crippen LogP contribution in [0.4, 0.5) is 0 Å². The Morgan fingerprint density at radius 3 is 2.50 bits per heavy atom. The minimum atomic E-state index is -0.0403. The van der Waals surface area contributed by atoms with Crippen LogP contribution in [0.15, 0.2) is 16.5 Å². The van der Waals surface area contributed by atoms with Crippen molar-refractivity contribution in [2.75, 3.05) is 20.1 Å². The van der Waals surface area contributed by atoms with Gasteiger partial charge in [0.05, 0.1) is 6.54 Å². The van der Waals surface area contributed by atoms with Crippen LogP contribution in [0.2, 0.25) is 0 Å². The van der Waals surface area contributed by atoms with Crippen molar-refractivity contribution >= 4 is 5.91 Å². The molecule has 1 aliphatic rings. The summed E-state index contributed by atoms with van der Waals surface area (Å²) in [6.45, 7) is 6.05. The van der Waals surface area contributed by atoms with Gasteiger partial charge in [0.1, 0.15) is 5.76 Å². The first-order valence-corrected chi connectivity index (χ1v) is 6.33. The Bertz CT molecular complexity index is 418. The number of hydrogen-bond acceptors (Lipinski definition) is 4. The second-order valence-corrected chi connectivity index (χ2v) is 5.04. The minimum absolute atomic E-state index is 0.0403. The molecule has 2 unspecified atom stereocenters. The molecule has 2 rings (SSSR count). The van der Waals surface area contributed by atoms with Gasteiger partial charge < -0.3 is 15.1 Å². The molecule has 100 valence electrons. The molecule has 1 amide bonds. The van der Waals surface area contributed by atoms with Crippen LogP contribution < -0.4 is 5.73 Å². The quantitative estimate of drug-likeness (QED) is 0.848. The molecular weight excluding hydrogens is 230 g/mol. The molecule has 2 atom stereocenters. The summed E-state index contributed by atoms with van der Waals surface area (Å²) in [5, 5.41) is 0. The van der Waals surface area contributed by atoms with E-state index in [0.29, 0.717) is 30.1 Å². The Balaban J connectivity index is 2.09. The Hall–Kier alpha value is -1.33. The van der Waals surface area contributed by atoms with Crippen LogP contribution in [0.5, 0.6) is 0 Å². The summed E-state index contributed by atoms with van der Waals surface area (Å²) in [6, 6.07) is 4.19. The molecule has 0 bridgehead atoms. The highest BCUT2D eigenvalue weighted by molar-refractivity contribution is 5.91. The van der Waals surface area contributed by atoms with Gasteiger partial charge in [-0.1, -0.05) is 0 Å². The lowest BCUT2D eigenvalue weighted by Gasteiger charge is -2.42. The van der Waals surface area contributed by atoms with Gasteiger partial charge in [-0.3, -0.25) is 9.69 Å². The van der Waals surface area contributed by atoms with Crippen LogP contribution in [0, 0.1) is 0 Å². The molecule has 2 N–H and O–H groups in total. The normalized spacial score (nSPS) is 25.4. The second-order valence-electron chi connectivity index (χ2n) is 5.04. The molecule has 1 aliphatic heterocycles. The molecule has 0 spiro atoms. The zero-order chi connectivity index (χ0) is 13.3. The van der Waals surface area contributed by atoms with Gasteiger partial charge in [-0.25, -0.2) is 0 Å². The highest BCUT2D eigenvalue weighted by atomic mass is 16.4. The fraction of sp³-hybridized carbons (Fsp3) is 0.615. The lowest BCUT2D eigenvalue weighted by molar-refractivity contribution is 0.0388. The molecule has 0 aliphatic carbocycles. The molecule has 18 heavy (non-hydrogen) atoms.